The summed E-state index contributed by atoms with van der Waals surface area (Å²) in [6.07, 6.45) is 5.24. The number of nitrogens with two attached hydrogens (primary N) is 1. The molecule has 0 bridgehead atoms. The fourth-order valence-electron chi connectivity index (χ4n) is 1.69. The monoisotopic (exact) mass is 337 g/mol. The van der Waals surface area contributed by atoms with Crippen molar-refractivity contribution in [2.45, 2.75) is 53.3 Å². The summed E-state index contributed by atoms with van der Waals surface area (Å²) in [7, 11) is 2.60. The highest BCUT2D eigenvalue weighted by atomic mass is 16.5. The van der Waals surface area contributed by atoms with Crippen molar-refractivity contribution in [3.63, 3.8) is 0 Å². The van der Waals surface area contributed by atoms with Gasteiger partial charge in [0.1, 0.15) is 12.4 Å². The number of carbonyl (C=O) groups is 1. The van der Waals surface area contributed by atoms with Gasteiger partial charge in [0, 0.05) is 0 Å². The zero-order valence-corrected chi connectivity index (χ0v) is 16.5. The summed E-state index contributed by atoms with van der Waals surface area (Å²) in [6.45, 7) is 13.3. The summed E-state index contributed by atoms with van der Waals surface area (Å²) in [5.74, 6) is 0.948. The molecule has 0 fully saturated rings. The van der Waals surface area contributed by atoms with E-state index in [1.807, 2.05) is 13.8 Å². The Morgan fingerprint density at radius 1 is 1.12 bits per heavy atom. The minimum Gasteiger partial charge on any atom is -0.490 e. The van der Waals surface area contributed by atoms with Crippen molar-refractivity contribution in [1.82, 2.24) is 0 Å². The van der Waals surface area contributed by atoms with Crippen LogP contribution in [0, 0.1) is 0 Å². The molecule has 0 saturated heterocycles. The number of hydrogen-bond donors (Lipinski definition) is 2. The Bertz CT molecular complexity index is 398. The molecule has 0 aliphatic rings. The van der Waals surface area contributed by atoms with Gasteiger partial charge in [0.25, 0.3) is 6.47 Å². The number of hydrogen-bond acceptors (Lipinski definition) is 3. The molecule has 0 aliphatic carbocycles. The van der Waals surface area contributed by atoms with Crippen LogP contribution in [0.15, 0.2) is 36.4 Å². The number of allylic oxidation sites excluding steroid dienone is 1. The van der Waals surface area contributed by atoms with E-state index in [0.29, 0.717) is 11.9 Å². The third-order valence-corrected chi connectivity index (χ3v) is 2.41. The quantitative estimate of drug-likeness (QED) is 0.489. The molecule has 24 heavy (non-hydrogen) atoms. The van der Waals surface area contributed by atoms with Gasteiger partial charge in [-0.3, -0.25) is 4.79 Å². The van der Waals surface area contributed by atoms with Crippen LogP contribution in [-0.2, 0) is 4.79 Å². The smallest absolute Gasteiger partial charge is 0.290 e. The topological polar surface area (TPSA) is 72.5 Å². The Morgan fingerprint density at radius 3 is 1.96 bits per heavy atom. The van der Waals surface area contributed by atoms with Crippen LogP contribution in [0.25, 0.3) is 0 Å². The lowest BCUT2D eigenvalue weighted by Gasteiger charge is -2.16. The molecule has 1 rings (SSSR count). The molecule has 0 amide bonds. The predicted octanol–water partition coefficient (Wildman–Crippen LogP) is 3.61. The third kappa shape index (κ3) is 20.3. The average Bonchev–Trinajstić information content (AvgIpc) is 2.56. The second kappa shape index (κ2) is 19.3. The summed E-state index contributed by atoms with van der Waals surface area (Å²) in [5.41, 5.74) is 5.87. The number of carboxylic acid groups (broad SMARTS) is 1. The molecule has 0 spiro atoms. The van der Waals surface area contributed by atoms with Gasteiger partial charge in [-0.05, 0) is 25.6 Å². The van der Waals surface area contributed by atoms with Gasteiger partial charge in [0.05, 0.1) is 0 Å². The van der Waals surface area contributed by atoms with Crippen molar-refractivity contribution >= 4 is 19.2 Å². The zero-order chi connectivity index (χ0) is 19.4. The molecule has 0 atom stereocenters. The maximum absolute atomic E-state index is 8.36. The molecule has 0 unspecified atom stereocenters. The van der Waals surface area contributed by atoms with E-state index in [2.05, 4.69) is 69.8 Å². The van der Waals surface area contributed by atoms with Gasteiger partial charge in [0.2, 0.25) is 0 Å². The Kier molecular flexibility index (Phi) is 21.8. The molecule has 0 aromatic heterocycles. The first-order valence-corrected chi connectivity index (χ1v) is 8.45. The second-order valence-electron chi connectivity index (χ2n) is 5.68. The van der Waals surface area contributed by atoms with Crippen LogP contribution in [0.5, 0.6) is 5.75 Å². The Labute approximate surface area is 149 Å². The molecular weight excluding hydrogens is 301 g/mol. The lowest BCUT2D eigenvalue weighted by atomic mass is 9.51. The summed E-state index contributed by atoms with van der Waals surface area (Å²) < 4.78 is 5.61. The molecule has 0 heterocycles. The van der Waals surface area contributed by atoms with Gasteiger partial charge in [0.15, 0.2) is 7.28 Å². The largest absolute Gasteiger partial charge is 0.490 e. The van der Waals surface area contributed by atoms with Gasteiger partial charge in [-0.25, -0.2) is 0 Å². The minimum atomic E-state index is -0.250. The van der Waals surface area contributed by atoms with Gasteiger partial charge < -0.3 is 15.6 Å². The van der Waals surface area contributed by atoms with Gasteiger partial charge in [-0.15, -0.1) is 0 Å². The van der Waals surface area contributed by atoms with E-state index in [4.69, 9.17) is 14.6 Å². The van der Waals surface area contributed by atoms with Crippen molar-refractivity contribution < 1.29 is 14.6 Å². The normalized spacial score (nSPS) is 9.33. The standard InChI is InChI=1S/C15H23BO.C2H6.CH5N.CH2O2/c1-5-6-7-12-17-14-10-8-13(9-11-14)16-15(2,3)4;2*1-2;2-1-3/h6-11,16H,5,12H2,1-4H3;1-2H3;2H2,1H3;1H,(H,2,3)/b7-6-;;;. The van der Waals surface area contributed by atoms with E-state index >= 15 is 0 Å². The van der Waals surface area contributed by atoms with Crippen molar-refractivity contribution in [3.8, 4) is 5.75 Å². The lowest BCUT2D eigenvalue weighted by molar-refractivity contribution is -0.122. The molecule has 1 aromatic carbocycles. The summed E-state index contributed by atoms with van der Waals surface area (Å²) in [4.78, 5) is 8.36. The van der Waals surface area contributed by atoms with E-state index in [9.17, 15) is 0 Å². The van der Waals surface area contributed by atoms with E-state index in [1.54, 1.807) is 0 Å². The maximum atomic E-state index is 8.36. The fraction of sp³-hybridized carbons (Fsp3) is 0.526. The molecule has 3 N–H and O–H groups in total. The Morgan fingerprint density at radius 2 is 1.58 bits per heavy atom. The van der Waals surface area contributed by atoms with Gasteiger partial charge >= 0.3 is 0 Å². The SMILES string of the molecule is CC.CC/C=C\COc1ccc(BC(C)(C)C)cc1.CN.O=CO. The molecule has 0 saturated carbocycles. The first-order valence-electron chi connectivity index (χ1n) is 8.45. The number of rotatable bonds is 5. The van der Waals surface area contributed by atoms with Crippen LogP contribution in [0.1, 0.15) is 48.0 Å². The van der Waals surface area contributed by atoms with E-state index in [1.165, 1.54) is 12.5 Å². The van der Waals surface area contributed by atoms with Crippen LogP contribution in [0.4, 0.5) is 0 Å². The van der Waals surface area contributed by atoms with Crippen LogP contribution in [0.2, 0.25) is 5.31 Å². The second-order valence-corrected chi connectivity index (χ2v) is 5.68. The highest BCUT2D eigenvalue weighted by molar-refractivity contribution is 6.56. The van der Waals surface area contributed by atoms with Crippen molar-refractivity contribution in [2.24, 2.45) is 5.73 Å². The molecule has 5 heteroatoms. The summed E-state index contributed by atoms with van der Waals surface area (Å²) in [5, 5.41) is 7.23. The van der Waals surface area contributed by atoms with Crippen molar-refractivity contribution in [3.05, 3.63) is 36.4 Å². The maximum Gasteiger partial charge on any atom is 0.290 e. The van der Waals surface area contributed by atoms with Crippen molar-refractivity contribution in [1.29, 1.82) is 0 Å². The fourth-order valence-corrected chi connectivity index (χ4v) is 1.69. The zero-order valence-electron chi connectivity index (χ0n) is 16.5. The first-order chi connectivity index (χ1) is 11.4. The van der Waals surface area contributed by atoms with E-state index in [-0.39, 0.29) is 6.47 Å². The third-order valence-electron chi connectivity index (χ3n) is 2.41. The average molecular weight is 337 g/mol. The van der Waals surface area contributed by atoms with Crippen LogP contribution in [0.3, 0.4) is 0 Å². The van der Waals surface area contributed by atoms with Crippen LogP contribution >= 0.6 is 0 Å². The van der Waals surface area contributed by atoms with E-state index in [0.717, 1.165) is 19.4 Å². The van der Waals surface area contributed by atoms with Gasteiger partial charge in [-0.2, -0.15) is 0 Å². The lowest BCUT2D eigenvalue weighted by Crippen LogP contribution is -2.22. The Balaban J connectivity index is -0.000000549. The molecule has 0 aliphatic heterocycles. The van der Waals surface area contributed by atoms with E-state index < -0.39 is 0 Å². The highest BCUT2D eigenvalue weighted by Crippen LogP contribution is 2.19. The van der Waals surface area contributed by atoms with Crippen LogP contribution < -0.4 is 15.9 Å². The predicted molar refractivity (Wildman–Crippen MR) is 108 cm³/mol. The van der Waals surface area contributed by atoms with Gasteiger partial charge in [-0.1, -0.05) is 76.6 Å². The molecule has 0 radical (unpaired) electrons. The number of ether oxygens (including phenoxy) is 1. The molecular formula is C19H36BNO3. The number of benzene rings is 1. The molecule has 1 aromatic rings. The molecule has 138 valence electrons. The highest BCUT2D eigenvalue weighted by Gasteiger charge is 2.13. The summed E-state index contributed by atoms with van der Waals surface area (Å²) >= 11 is 0. The first kappa shape index (κ1) is 27.1. The van der Waals surface area contributed by atoms with Crippen LogP contribution in [-0.4, -0.2) is 32.5 Å². The Hall–Kier alpha value is -1.75. The summed E-state index contributed by atoms with van der Waals surface area (Å²) in [6, 6.07) is 8.43. The molecule has 4 nitrogen and oxygen atoms in total. The minimum absolute atomic E-state index is 0.250. The van der Waals surface area contributed by atoms with Crippen molar-refractivity contribution in [2.75, 3.05) is 13.7 Å².